The van der Waals surface area contributed by atoms with E-state index in [-0.39, 0.29) is 18.6 Å². The number of benzene rings is 1. The van der Waals surface area contributed by atoms with Gasteiger partial charge >= 0.3 is 5.97 Å². The molecule has 2 aromatic heterocycles. The lowest BCUT2D eigenvalue weighted by Gasteiger charge is -2.20. The van der Waals surface area contributed by atoms with E-state index in [0.29, 0.717) is 12.0 Å². The van der Waals surface area contributed by atoms with Gasteiger partial charge in [-0.15, -0.1) is 22.7 Å². The molecule has 1 aliphatic rings. The summed E-state index contributed by atoms with van der Waals surface area (Å²) in [7, 11) is 0. The summed E-state index contributed by atoms with van der Waals surface area (Å²) in [6.07, 6.45) is 0.651. The Balaban J connectivity index is 1.50. The molecule has 0 bridgehead atoms. The highest BCUT2D eigenvalue weighted by Crippen LogP contribution is 2.35. The van der Waals surface area contributed by atoms with Crippen molar-refractivity contribution < 1.29 is 14.3 Å². The average Bonchev–Trinajstić information content (AvgIpc) is 3.46. The van der Waals surface area contributed by atoms with Crippen molar-refractivity contribution in [2.24, 2.45) is 5.10 Å². The summed E-state index contributed by atoms with van der Waals surface area (Å²) in [6.45, 7) is 1.50. The SMILES string of the molecule is Cc1ccccc1C(=O)OCC(=O)N1N=C(c2cccs2)C[C@@H]1c1cccs1. The number of esters is 1. The van der Waals surface area contributed by atoms with Gasteiger partial charge in [-0.2, -0.15) is 5.10 Å². The van der Waals surface area contributed by atoms with Crippen molar-refractivity contribution in [2.45, 2.75) is 19.4 Å². The van der Waals surface area contributed by atoms with Crippen molar-refractivity contribution in [2.75, 3.05) is 6.61 Å². The molecule has 0 unspecified atom stereocenters. The molecule has 4 rings (SSSR count). The van der Waals surface area contributed by atoms with Crippen LogP contribution in [-0.4, -0.2) is 29.2 Å². The molecule has 3 heterocycles. The number of hydrogen-bond acceptors (Lipinski definition) is 6. The highest BCUT2D eigenvalue weighted by atomic mass is 32.1. The first-order valence-corrected chi connectivity index (χ1v) is 10.6. The molecule has 0 spiro atoms. The van der Waals surface area contributed by atoms with Gasteiger partial charge < -0.3 is 4.74 Å². The van der Waals surface area contributed by atoms with E-state index in [0.717, 1.165) is 21.0 Å². The fraction of sp³-hybridized carbons (Fsp3) is 0.190. The van der Waals surface area contributed by atoms with Crippen LogP contribution in [0, 0.1) is 6.92 Å². The second-order valence-corrected chi connectivity index (χ2v) is 8.32. The predicted octanol–water partition coefficient (Wildman–Crippen LogP) is 4.65. The van der Waals surface area contributed by atoms with E-state index in [9.17, 15) is 9.59 Å². The molecule has 0 saturated heterocycles. The summed E-state index contributed by atoms with van der Waals surface area (Å²) < 4.78 is 5.28. The van der Waals surface area contributed by atoms with E-state index >= 15 is 0 Å². The normalized spacial score (nSPS) is 16.1. The summed E-state index contributed by atoms with van der Waals surface area (Å²) in [6, 6.07) is 14.9. The molecule has 5 nitrogen and oxygen atoms in total. The maximum Gasteiger partial charge on any atom is 0.338 e. The monoisotopic (exact) mass is 410 g/mol. The lowest BCUT2D eigenvalue weighted by atomic mass is 10.1. The van der Waals surface area contributed by atoms with Crippen LogP contribution >= 0.6 is 22.7 Å². The van der Waals surface area contributed by atoms with E-state index in [4.69, 9.17) is 4.74 Å². The molecular weight excluding hydrogens is 392 g/mol. The second-order valence-electron chi connectivity index (χ2n) is 6.39. The van der Waals surface area contributed by atoms with E-state index in [2.05, 4.69) is 5.10 Å². The topological polar surface area (TPSA) is 59.0 Å². The minimum atomic E-state index is -0.499. The van der Waals surface area contributed by atoms with E-state index in [1.807, 2.05) is 54.1 Å². The number of carbonyl (C=O) groups excluding carboxylic acids is 2. The molecule has 28 heavy (non-hydrogen) atoms. The summed E-state index contributed by atoms with van der Waals surface area (Å²) in [5, 5.41) is 10.0. The molecule has 0 aliphatic carbocycles. The van der Waals surface area contributed by atoms with Crippen molar-refractivity contribution >= 4 is 40.3 Å². The molecule has 0 fully saturated rings. The minimum absolute atomic E-state index is 0.165. The molecule has 0 saturated carbocycles. The van der Waals surface area contributed by atoms with Gasteiger partial charge in [0.05, 0.1) is 22.2 Å². The van der Waals surface area contributed by atoms with Gasteiger partial charge in [-0.05, 0) is 41.4 Å². The molecule has 1 atom stereocenters. The van der Waals surface area contributed by atoms with Crippen LogP contribution in [0.25, 0.3) is 0 Å². The zero-order valence-corrected chi connectivity index (χ0v) is 16.8. The lowest BCUT2D eigenvalue weighted by Crippen LogP contribution is -2.31. The number of hydrazone groups is 1. The Kier molecular flexibility index (Phi) is 5.36. The second kappa shape index (κ2) is 8.08. The highest BCUT2D eigenvalue weighted by Gasteiger charge is 2.34. The first-order chi connectivity index (χ1) is 13.6. The van der Waals surface area contributed by atoms with Crippen molar-refractivity contribution in [3.8, 4) is 0 Å². The quantitative estimate of drug-likeness (QED) is 0.575. The first-order valence-electron chi connectivity index (χ1n) is 8.83. The third-order valence-corrected chi connectivity index (χ3v) is 6.43. The Morgan fingerprint density at radius 2 is 1.89 bits per heavy atom. The molecule has 1 amide bonds. The molecule has 1 aromatic carbocycles. The van der Waals surface area contributed by atoms with Gasteiger partial charge in [-0.3, -0.25) is 4.79 Å². The Morgan fingerprint density at radius 3 is 2.61 bits per heavy atom. The smallest absolute Gasteiger partial charge is 0.338 e. The van der Waals surface area contributed by atoms with Crippen LogP contribution in [-0.2, 0) is 9.53 Å². The van der Waals surface area contributed by atoms with Crippen LogP contribution < -0.4 is 0 Å². The number of aryl methyl sites for hydroxylation is 1. The largest absolute Gasteiger partial charge is 0.452 e. The Hall–Kier alpha value is -2.77. The number of rotatable bonds is 5. The standard InChI is InChI=1S/C21H18N2O3S2/c1-14-6-2-3-7-15(14)21(25)26-13-20(24)23-17(19-9-5-11-28-19)12-16(22-23)18-8-4-10-27-18/h2-11,17H,12-13H2,1H3/t17-/m1/s1. The average molecular weight is 411 g/mol. The molecule has 1 aliphatic heterocycles. The van der Waals surface area contributed by atoms with Crippen LogP contribution in [0.1, 0.15) is 38.1 Å². The molecule has 142 valence electrons. The fourth-order valence-electron chi connectivity index (χ4n) is 3.11. The number of carbonyl (C=O) groups is 2. The van der Waals surface area contributed by atoms with Gasteiger partial charge in [0.2, 0.25) is 0 Å². The number of ether oxygens (including phenoxy) is 1. The van der Waals surface area contributed by atoms with Crippen LogP contribution in [0.4, 0.5) is 0 Å². The number of amides is 1. The first kappa shape index (κ1) is 18.6. The highest BCUT2D eigenvalue weighted by molar-refractivity contribution is 7.12. The zero-order valence-electron chi connectivity index (χ0n) is 15.2. The van der Waals surface area contributed by atoms with Crippen LogP contribution in [0.15, 0.2) is 64.4 Å². The predicted molar refractivity (Wildman–Crippen MR) is 111 cm³/mol. The third-order valence-electron chi connectivity index (χ3n) is 4.53. The van der Waals surface area contributed by atoms with Gasteiger partial charge in [-0.1, -0.05) is 30.3 Å². The van der Waals surface area contributed by atoms with Crippen LogP contribution in [0.5, 0.6) is 0 Å². The summed E-state index contributed by atoms with van der Waals surface area (Å²) in [5.74, 6) is -0.826. The van der Waals surface area contributed by atoms with E-state index in [1.165, 1.54) is 5.01 Å². The van der Waals surface area contributed by atoms with Gasteiger partial charge in [0.15, 0.2) is 6.61 Å². The van der Waals surface area contributed by atoms with Gasteiger partial charge in [0.25, 0.3) is 5.91 Å². The molecule has 7 heteroatoms. The Morgan fingerprint density at radius 1 is 1.11 bits per heavy atom. The fourth-order valence-corrected chi connectivity index (χ4v) is 4.64. The maximum absolute atomic E-state index is 12.8. The maximum atomic E-state index is 12.8. The molecule has 3 aromatic rings. The van der Waals surface area contributed by atoms with Gasteiger partial charge in [-0.25, -0.2) is 9.80 Å². The molecule has 0 radical (unpaired) electrons. The lowest BCUT2D eigenvalue weighted by molar-refractivity contribution is -0.136. The molecular formula is C21H18N2O3S2. The Labute approximate surface area is 170 Å². The van der Waals surface area contributed by atoms with Crippen molar-refractivity contribution in [1.82, 2.24) is 5.01 Å². The summed E-state index contributed by atoms with van der Waals surface area (Å²) in [4.78, 5) is 27.3. The van der Waals surface area contributed by atoms with Gasteiger partial charge in [0, 0.05) is 11.3 Å². The van der Waals surface area contributed by atoms with Crippen LogP contribution in [0.2, 0.25) is 0 Å². The van der Waals surface area contributed by atoms with E-state index in [1.54, 1.807) is 34.8 Å². The Bertz CT molecular complexity index is 1010. The van der Waals surface area contributed by atoms with E-state index < -0.39 is 5.97 Å². The summed E-state index contributed by atoms with van der Waals surface area (Å²) >= 11 is 3.19. The van der Waals surface area contributed by atoms with Crippen LogP contribution in [0.3, 0.4) is 0 Å². The van der Waals surface area contributed by atoms with Gasteiger partial charge in [0.1, 0.15) is 0 Å². The summed E-state index contributed by atoms with van der Waals surface area (Å²) in [5.41, 5.74) is 2.16. The minimum Gasteiger partial charge on any atom is -0.452 e. The number of thiophene rings is 2. The van der Waals surface area contributed by atoms with Crippen molar-refractivity contribution in [3.63, 3.8) is 0 Å². The number of hydrogen-bond donors (Lipinski definition) is 0. The van der Waals surface area contributed by atoms with Crippen molar-refractivity contribution in [1.29, 1.82) is 0 Å². The zero-order chi connectivity index (χ0) is 19.5. The number of nitrogens with zero attached hydrogens (tertiary/aromatic N) is 2. The van der Waals surface area contributed by atoms with Crippen molar-refractivity contribution in [3.05, 3.63) is 80.2 Å². The molecule has 0 N–H and O–H groups in total. The third kappa shape index (κ3) is 3.76.